The predicted octanol–water partition coefficient (Wildman–Crippen LogP) is 0.229. The van der Waals surface area contributed by atoms with Crippen LogP contribution < -0.4 is 0 Å². The zero-order valence-electron chi connectivity index (χ0n) is 10.4. The molecule has 3 unspecified atom stereocenters. The Balaban J connectivity index is 1.51. The molecule has 0 radical (unpaired) electrons. The van der Waals surface area contributed by atoms with Gasteiger partial charge in [0.25, 0.3) is 0 Å². The van der Waals surface area contributed by atoms with E-state index in [0.29, 0.717) is 32.2 Å². The maximum Gasteiger partial charge on any atom is 0.180 e. The third-order valence-corrected chi connectivity index (χ3v) is 2.87. The van der Waals surface area contributed by atoms with Crippen molar-refractivity contribution in [3.8, 4) is 0 Å². The Morgan fingerprint density at radius 3 is 2.58 bits per heavy atom. The smallest absolute Gasteiger partial charge is 0.180 e. The van der Waals surface area contributed by atoms with Crippen LogP contribution in [0.5, 0.6) is 0 Å². The van der Waals surface area contributed by atoms with Crippen LogP contribution in [0.2, 0.25) is 0 Å². The van der Waals surface area contributed by atoms with Crippen LogP contribution in [0.25, 0.3) is 0 Å². The lowest BCUT2D eigenvalue weighted by Crippen LogP contribution is -2.27. The van der Waals surface area contributed by atoms with Gasteiger partial charge in [-0.25, -0.2) is 5.26 Å². The molecule has 112 valence electrons. The Hall–Kier alpha value is 0.0300. The average Bonchev–Trinajstić information content (AvgIpc) is 3.27. The molecule has 19 heavy (non-hydrogen) atoms. The number of epoxide rings is 2. The Morgan fingerprint density at radius 2 is 1.89 bits per heavy atom. The van der Waals surface area contributed by atoms with E-state index in [-0.39, 0.29) is 12.2 Å². The highest BCUT2D eigenvalue weighted by molar-refractivity contribution is 7.94. The van der Waals surface area contributed by atoms with Gasteiger partial charge in [0, 0.05) is 17.8 Å². The summed E-state index contributed by atoms with van der Waals surface area (Å²) in [5, 5.41) is 11.4. The van der Waals surface area contributed by atoms with Crippen molar-refractivity contribution in [3.05, 3.63) is 0 Å². The lowest BCUT2D eigenvalue weighted by Gasteiger charge is -2.17. The first-order valence-electron chi connectivity index (χ1n) is 6.02. The summed E-state index contributed by atoms with van der Waals surface area (Å²) in [4.78, 5) is 0. The van der Waals surface area contributed by atoms with Crippen LogP contribution in [-0.4, -0.2) is 69.1 Å². The quantitative estimate of drug-likeness (QED) is 0.128. The van der Waals surface area contributed by atoms with Crippen molar-refractivity contribution in [2.45, 2.75) is 18.5 Å². The summed E-state index contributed by atoms with van der Waals surface area (Å²) < 4.78 is 30.8. The van der Waals surface area contributed by atoms with E-state index in [9.17, 15) is 0 Å². The molecule has 0 aliphatic carbocycles. The molecule has 2 fully saturated rings. The summed E-state index contributed by atoms with van der Waals surface area (Å²) in [5.41, 5.74) is 0. The first-order valence-corrected chi connectivity index (χ1v) is 6.93. The Morgan fingerprint density at radius 1 is 1.16 bits per heavy atom. The van der Waals surface area contributed by atoms with Gasteiger partial charge in [0.2, 0.25) is 0 Å². The second-order valence-corrected chi connectivity index (χ2v) is 4.83. The van der Waals surface area contributed by atoms with Crippen molar-refractivity contribution in [1.29, 1.82) is 0 Å². The first kappa shape index (κ1) is 15.4. The van der Waals surface area contributed by atoms with Gasteiger partial charge in [0.15, 0.2) is 6.29 Å². The average molecular weight is 298 g/mol. The van der Waals surface area contributed by atoms with Crippen molar-refractivity contribution in [2.75, 3.05) is 45.4 Å². The maximum atomic E-state index is 7.95. The van der Waals surface area contributed by atoms with Crippen LogP contribution in [0.15, 0.2) is 0 Å². The van der Waals surface area contributed by atoms with E-state index in [1.54, 1.807) is 0 Å². The van der Waals surface area contributed by atoms with Gasteiger partial charge in [0.1, 0.15) is 12.2 Å². The van der Waals surface area contributed by atoms with E-state index in [1.807, 2.05) is 0 Å². The lowest BCUT2D eigenvalue weighted by atomic mass is 10.5. The molecular formula is C10H18O8S. The molecule has 0 aromatic heterocycles. The fourth-order valence-electron chi connectivity index (χ4n) is 1.25. The second-order valence-electron chi connectivity index (χ2n) is 4.05. The molecule has 3 atom stereocenters. The molecule has 0 bridgehead atoms. The minimum absolute atomic E-state index is 0.179. The minimum Gasteiger partial charge on any atom is -0.373 e. The fourth-order valence-corrected chi connectivity index (χ4v) is 1.53. The van der Waals surface area contributed by atoms with Crippen LogP contribution in [0, 0.1) is 0 Å². The van der Waals surface area contributed by atoms with E-state index >= 15 is 0 Å². The summed E-state index contributed by atoms with van der Waals surface area (Å²) in [5.74, 6) is 0.492. The Kier molecular flexibility index (Phi) is 7.35. The van der Waals surface area contributed by atoms with Crippen molar-refractivity contribution >= 4 is 12.0 Å². The van der Waals surface area contributed by atoms with Crippen molar-refractivity contribution in [1.82, 2.24) is 0 Å². The van der Waals surface area contributed by atoms with E-state index in [0.717, 1.165) is 25.3 Å². The molecular weight excluding hydrogens is 280 g/mol. The summed E-state index contributed by atoms with van der Waals surface area (Å²) in [7, 11) is 0. The number of hydrogen-bond donors (Lipinski definition) is 1. The SMILES string of the molecule is OOOSCCOC(COCC1CO1)OCC1CO1. The second kappa shape index (κ2) is 9.06. The maximum absolute atomic E-state index is 7.95. The van der Waals surface area contributed by atoms with E-state index in [1.165, 1.54) is 0 Å². The van der Waals surface area contributed by atoms with Crippen LogP contribution >= 0.6 is 12.0 Å². The summed E-state index contributed by atoms with van der Waals surface area (Å²) in [6.45, 7) is 3.28. The molecule has 2 aliphatic rings. The number of ether oxygens (including phenoxy) is 5. The topological polar surface area (TPSA) is 91.4 Å². The highest BCUT2D eigenvalue weighted by Gasteiger charge is 2.26. The Bertz CT molecular complexity index is 236. The molecule has 2 rings (SSSR count). The highest BCUT2D eigenvalue weighted by atomic mass is 32.2. The van der Waals surface area contributed by atoms with Crippen LogP contribution in [0.1, 0.15) is 0 Å². The molecule has 0 amide bonds. The standard InChI is InChI=1S/C10H18O8S/c11-17-18-19-2-1-13-10(16-6-9-5-15-9)7-12-3-8-4-14-8/h8-11H,1-7H2. The number of rotatable bonds is 13. The minimum atomic E-state index is -0.446. The number of hydrogen-bond acceptors (Lipinski definition) is 9. The summed E-state index contributed by atoms with van der Waals surface area (Å²) >= 11 is 0.932. The zero-order chi connectivity index (χ0) is 13.3. The molecule has 0 saturated carbocycles. The lowest BCUT2D eigenvalue weighted by molar-refractivity contribution is -0.432. The molecule has 9 heteroatoms. The summed E-state index contributed by atoms with van der Waals surface area (Å²) in [6.07, 6.45) is -0.0463. The van der Waals surface area contributed by atoms with E-state index in [2.05, 4.69) is 9.37 Å². The third kappa shape index (κ3) is 8.02. The van der Waals surface area contributed by atoms with Crippen LogP contribution in [0.3, 0.4) is 0 Å². The van der Waals surface area contributed by atoms with Crippen LogP contribution in [0.4, 0.5) is 0 Å². The monoisotopic (exact) mass is 298 g/mol. The third-order valence-electron chi connectivity index (χ3n) is 2.38. The van der Waals surface area contributed by atoms with Gasteiger partial charge in [-0.15, -0.1) is 4.33 Å². The molecule has 8 nitrogen and oxygen atoms in total. The van der Waals surface area contributed by atoms with Gasteiger partial charge < -0.3 is 23.7 Å². The van der Waals surface area contributed by atoms with E-state index in [4.69, 9.17) is 28.9 Å². The van der Waals surface area contributed by atoms with E-state index < -0.39 is 6.29 Å². The molecule has 0 spiro atoms. The Labute approximate surface area is 115 Å². The van der Waals surface area contributed by atoms with Gasteiger partial charge >= 0.3 is 0 Å². The van der Waals surface area contributed by atoms with Crippen molar-refractivity contribution in [2.24, 2.45) is 0 Å². The van der Waals surface area contributed by atoms with Crippen molar-refractivity contribution < 1.29 is 38.3 Å². The molecule has 2 saturated heterocycles. The highest BCUT2D eigenvalue weighted by Crippen LogP contribution is 2.12. The van der Waals surface area contributed by atoms with Gasteiger partial charge in [0.05, 0.1) is 39.6 Å². The predicted molar refractivity (Wildman–Crippen MR) is 63.2 cm³/mol. The fraction of sp³-hybridized carbons (Fsp3) is 1.00. The molecule has 2 heterocycles. The van der Waals surface area contributed by atoms with Crippen LogP contribution in [-0.2, 0) is 33.1 Å². The van der Waals surface area contributed by atoms with Gasteiger partial charge in [-0.1, -0.05) is 5.04 Å². The first-order chi connectivity index (χ1) is 9.38. The molecule has 0 aromatic carbocycles. The normalized spacial score (nSPS) is 26.4. The zero-order valence-corrected chi connectivity index (χ0v) is 11.2. The molecule has 1 N–H and O–H groups in total. The van der Waals surface area contributed by atoms with Gasteiger partial charge in [-0.05, 0) is 0 Å². The molecule has 2 aliphatic heterocycles. The van der Waals surface area contributed by atoms with Crippen molar-refractivity contribution in [3.63, 3.8) is 0 Å². The largest absolute Gasteiger partial charge is 0.373 e. The van der Waals surface area contributed by atoms with Gasteiger partial charge in [-0.3, -0.25) is 0 Å². The molecule has 0 aromatic rings. The summed E-state index contributed by atoms with van der Waals surface area (Å²) in [6, 6.07) is 0. The van der Waals surface area contributed by atoms with Gasteiger partial charge in [-0.2, -0.15) is 0 Å².